The van der Waals surface area contributed by atoms with Crippen LogP contribution in [0.4, 0.5) is 5.69 Å². The summed E-state index contributed by atoms with van der Waals surface area (Å²) in [5.41, 5.74) is 2.65. The lowest BCUT2D eigenvalue weighted by Gasteiger charge is -2.35. The van der Waals surface area contributed by atoms with E-state index in [1.165, 1.54) is 19.0 Å². The maximum atomic E-state index is 13.9. The van der Waals surface area contributed by atoms with Crippen molar-refractivity contribution in [1.29, 1.82) is 0 Å². The van der Waals surface area contributed by atoms with Crippen LogP contribution in [0, 0.1) is 13.8 Å². The van der Waals surface area contributed by atoms with E-state index in [1.807, 2.05) is 45.9 Å². The molecule has 0 aliphatic heterocycles. The summed E-state index contributed by atoms with van der Waals surface area (Å²) in [5, 5.41) is 3.42. The first-order valence-electron chi connectivity index (χ1n) is 12.4. The summed E-state index contributed by atoms with van der Waals surface area (Å²) in [5.74, 6) is -0.789. The van der Waals surface area contributed by atoms with Crippen LogP contribution in [0.1, 0.15) is 50.3 Å². The molecule has 0 saturated heterocycles. The number of halogens is 1. The van der Waals surface area contributed by atoms with E-state index in [-0.39, 0.29) is 18.5 Å². The highest BCUT2D eigenvalue weighted by atomic mass is 35.5. The van der Waals surface area contributed by atoms with E-state index >= 15 is 0 Å². The number of rotatable bonds is 12. The van der Waals surface area contributed by atoms with Crippen molar-refractivity contribution in [2.75, 3.05) is 24.9 Å². The van der Waals surface area contributed by atoms with E-state index in [0.29, 0.717) is 28.3 Å². The summed E-state index contributed by atoms with van der Waals surface area (Å²) >= 11 is 6.41. The lowest BCUT2D eigenvalue weighted by atomic mass is 10.1. The fourth-order valence-corrected chi connectivity index (χ4v) is 5.17. The standard InChI is InChI=1S/C27H39ClN4O4S/c1-8-21(5)29-27(34)24(9-2)31(17-22-12-10-11-13-23(22)28)26(33)18-32(37(35,36)30(6)7)25-16-19(3)14-15-20(25)4/h10-16,21,24H,8-9,17-18H2,1-7H3,(H,29,34)/t21-,24-/m0/s1. The summed E-state index contributed by atoms with van der Waals surface area (Å²) in [7, 11) is -1.18. The molecule has 0 unspecified atom stereocenters. The number of anilines is 1. The van der Waals surface area contributed by atoms with Gasteiger partial charge in [0.25, 0.3) is 0 Å². The van der Waals surface area contributed by atoms with Crippen LogP contribution < -0.4 is 9.62 Å². The molecule has 204 valence electrons. The van der Waals surface area contributed by atoms with Crippen molar-refractivity contribution in [2.45, 2.75) is 66.1 Å². The molecule has 2 aromatic carbocycles. The molecule has 0 aromatic heterocycles. The van der Waals surface area contributed by atoms with Crippen LogP contribution in [-0.2, 0) is 26.3 Å². The van der Waals surface area contributed by atoms with Crippen LogP contribution in [0.5, 0.6) is 0 Å². The molecule has 0 aliphatic rings. The topological polar surface area (TPSA) is 90.0 Å². The van der Waals surface area contributed by atoms with Gasteiger partial charge in [0.15, 0.2) is 0 Å². The molecule has 10 heteroatoms. The number of carbonyl (C=O) groups excluding carboxylic acids is 2. The Bertz CT molecular complexity index is 1200. The van der Waals surface area contributed by atoms with Gasteiger partial charge < -0.3 is 10.2 Å². The molecule has 2 aromatic rings. The molecular formula is C27H39ClN4O4S. The first-order chi connectivity index (χ1) is 17.3. The third-order valence-electron chi connectivity index (χ3n) is 6.34. The summed E-state index contributed by atoms with van der Waals surface area (Å²) < 4.78 is 29.0. The molecule has 0 aliphatic carbocycles. The van der Waals surface area contributed by atoms with Gasteiger partial charge in [0.05, 0.1) is 5.69 Å². The SMILES string of the molecule is CC[C@H](C)NC(=O)[C@H](CC)N(Cc1ccccc1Cl)C(=O)CN(c1cc(C)ccc1C)S(=O)(=O)N(C)C. The minimum atomic E-state index is -4.02. The Labute approximate surface area is 226 Å². The average molecular weight is 551 g/mol. The summed E-state index contributed by atoms with van der Waals surface area (Å²) in [6, 6.07) is 11.7. The fourth-order valence-electron chi connectivity index (χ4n) is 3.86. The number of hydrogen-bond donors (Lipinski definition) is 1. The Morgan fingerprint density at radius 2 is 1.68 bits per heavy atom. The third kappa shape index (κ3) is 7.69. The molecule has 0 fully saturated rings. The number of amides is 2. The summed E-state index contributed by atoms with van der Waals surface area (Å²) in [6.07, 6.45) is 1.09. The van der Waals surface area contributed by atoms with E-state index in [4.69, 9.17) is 11.6 Å². The van der Waals surface area contributed by atoms with Gasteiger partial charge in [-0.3, -0.25) is 9.59 Å². The van der Waals surface area contributed by atoms with Gasteiger partial charge in [-0.05, 0) is 62.4 Å². The maximum Gasteiger partial charge on any atom is 0.304 e. The first-order valence-corrected chi connectivity index (χ1v) is 14.2. The maximum absolute atomic E-state index is 13.9. The first kappa shape index (κ1) is 30.6. The Balaban J connectivity index is 2.57. The molecule has 37 heavy (non-hydrogen) atoms. The van der Waals surface area contributed by atoms with Crippen molar-refractivity contribution in [3.05, 3.63) is 64.2 Å². The minimum Gasteiger partial charge on any atom is -0.352 e. The van der Waals surface area contributed by atoms with Crippen LogP contribution in [-0.4, -0.2) is 62.2 Å². The lowest BCUT2D eigenvalue weighted by Crippen LogP contribution is -2.54. The van der Waals surface area contributed by atoms with Crippen LogP contribution >= 0.6 is 11.6 Å². The Morgan fingerprint density at radius 3 is 2.24 bits per heavy atom. The number of benzene rings is 2. The molecule has 2 amide bonds. The van der Waals surface area contributed by atoms with Gasteiger partial charge in [0.2, 0.25) is 11.8 Å². The van der Waals surface area contributed by atoms with Gasteiger partial charge in [-0.25, -0.2) is 4.31 Å². The Kier molecular flexibility index (Phi) is 11.0. The number of nitrogens with zero attached hydrogens (tertiary/aromatic N) is 3. The van der Waals surface area contributed by atoms with Crippen molar-refractivity contribution in [2.24, 2.45) is 0 Å². The highest BCUT2D eigenvalue weighted by molar-refractivity contribution is 7.90. The van der Waals surface area contributed by atoms with Crippen LogP contribution in [0.15, 0.2) is 42.5 Å². The Morgan fingerprint density at radius 1 is 1.03 bits per heavy atom. The van der Waals surface area contributed by atoms with Crippen LogP contribution in [0.3, 0.4) is 0 Å². The molecule has 8 nitrogen and oxygen atoms in total. The summed E-state index contributed by atoms with van der Waals surface area (Å²) in [6.45, 7) is 8.95. The van der Waals surface area contributed by atoms with Gasteiger partial charge in [-0.15, -0.1) is 0 Å². The highest BCUT2D eigenvalue weighted by Crippen LogP contribution is 2.27. The van der Waals surface area contributed by atoms with E-state index < -0.39 is 28.7 Å². The van der Waals surface area contributed by atoms with Gasteiger partial charge in [-0.1, -0.05) is 55.8 Å². The Hall–Kier alpha value is -2.62. The second-order valence-electron chi connectivity index (χ2n) is 9.44. The molecule has 1 N–H and O–H groups in total. The number of hydrogen-bond acceptors (Lipinski definition) is 4. The second-order valence-corrected chi connectivity index (χ2v) is 11.9. The highest BCUT2D eigenvalue weighted by Gasteiger charge is 2.34. The molecular weight excluding hydrogens is 512 g/mol. The zero-order valence-electron chi connectivity index (χ0n) is 22.8. The fraction of sp³-hybridized carbons (Fsp3) is 0.481. The third-order valence-corrected chi connectivity index (χ3v) is 8.51. The van der Waals surface area contributed by atoms with E-state index in [0.717, 1.165) is 20.6 Å². The molecule has 0 spiro atoms. The minimum absolute atomic E-state index is 0.0631. The predicted octanol–water partition coefficient (Wildman–Crippen LogP) is 4.29. The van der Waals surface area contributed by atoms with Gasteiger partial charge in [-0.2, -0.15) is 12.7 Å². The second kappa shape index (κ2) is 13.3. The zero-order valence-corrected chi connectivity index (χ0v) is 24.4. The molecule has 0 bridgehead atoms. The zero-order chi connectivity index (χ0) is 27.9. The summed E-state index contributed by atoms with van der Waals surface area (Å²) in [4.78, 5) is 28.6. The molecule has 2 atom stereocenters. The predicted molar refractivity (Wildman–Crippen MR) is 150 cm³/mol. The van der Waals surface area contributed by atoms with Crippen molar-refractivity contribution in [1.82, 2.24) is 14.5 Å². The van der Waals surface area contributed by atoms with Crippen LogP contribution in [0.2, 0.25) is 5.02 Å². The molecule has 2 rings (SSSR count). The van der Waals surface area contributed by atoms with E-state index in [1.54, 1.807) is 31.2 Å². The van der Waals surface area contributed by atoms with E-state index in [9.17, 15) is 18.0 Å². The molecule has 0 radical (unpaired) electrons. The molecule has 0 saturated carbocycles. The smallest absolute Gasteiger partial charge is 0.304 e. The molecule has 0 heterocycles. The normalized spacial score (nSPS) is 13.2. The lowest BCUT2D eigenvalue weighted by molar-refractivity contribution is -0.140. The quantitative estimate of drug-likeness (QED) is 0.427. The number of carbonyl (C=O) groups is 2. The van der Waals surface area contributed by atoms with Crippen molar-refractivity contribution in [3.63, 3.8) is 0 Å². The largest absolute Gasteiger partial charge is 0.352 e. The van der Waals surface area contributed by atoms with E-state index in [2.05, 4.69) is 5.32 Å². The average Bonchev–Trinajstić information content (AvgIpc) is 2.84. The van der Waals surface area contributed by atoms with Gasteiger partial charge in [0.1, 0.15) is 12.6 Å². The number of aryl methyl sites for hydroxylation is 2. The monoisotopic (exact) mass is 550 g/mol. The number of nitrogens with one attached hydrogen (secondary N) is 1. The van der Waals surface area contributed by atoms with Gasteiger partial charge in [0, 0.05) is 31.7 Å². The van der Waals surface area contributed by atoms with Crippen molar-refractivity contribution < 1.29 is 18.0 Å². The van der Waals surface area contributed by atoms with Crippen molar-refractivity contribution in [3.8, 4) is 0 Å². The van der Waals surface area contributed by atoms with Crippen LogP contribution in [0.25, 0.3) is 0 Å². The van der Waals surface area contributed by atoms with Crippen molar-refractivity contribution >= 4 is 39.3 Å². The van der Waals surface area contributed by atoms with Gasteiger partial charge >= 0.3 is 10.2 Å².